The third-order valence-corrected chi connectivity index (χ3v) is 6.98. The molecule has 0 saturated carbocycles. The summed E-state index contributed by atoms with van der Waals surface area (Å²) in [6, 6.07) is 0. The lowest BCUT2D eigenvalue weighted by Gasteiger charge is -2.32. The molecule has 0 aromatic rings. The van der Waals surface area contributed by atoms with Crippen LogP contribution < -0.4 is 10.6 Å². The quantitative estimate of drug-likeness (QED) is 0.0677. The first-order valence-corrected chi connectivity index (χ1v) is 13.4. The third kappa shape index (κ3) is 14.8. The maximum Gasteiger partial charge on any atom is 0.407 e. The fourth-order valence-corrected chi connectivity index (χ4v) is 4.02. The standard InChI is InChI=1S/C23H39N2O12P/c1-7-19(26)32-12-10-24-21(28)18(4)31-15-17-37-38(30,36-9-3)23(5,6)35-16-14-34-22(29)25-11-13-33-20(27)8-2/h7-8,18H,1-2,9-17H2,3-6H3,(H,24,28)(H,25,29). The molecule has 0 aliphatic carbocycles. The van der Waals surface area contributed by atoms with Crippen LogP contribution >= 0.6 is 7.60 Å². The molecule has 0 radical (unpaired) electrons. The zero-order chi connectivity index (χ0) is 29.0. The van der Waals surface area contributed by atoms with Crippen molar-refractivity contribution in [1.82, 2.24) is 10.6 Å². The fraction of sp³-hybridized carbons (Fsp3) is 0.652. The minimum Gasteiger partial charge on any atom is -0.461 e. The van der Waals surface area contributed by atoms with Crippen molar-refractivity contribution in [2.45, 2.75) is 39.1 Å². The first kappa shape index (κ1) is 35.2. The molecule has 0 fully saturated rings. The monoisotopic (exact) mass is 566 g/mol. The molecule has 38 heavy (non-hydrogen) atoms. The molecular formula is C23H39N2O12P. The van der Waals surface area contributed by atoms with E-state index in [1.165, 1.54) is 20.8 Å². The van der Waals surface area contributed by atoms with E-state index >= 15 is 0 Å². The Morgan fingerprint density at radius 1 is 0.842 bits per heavy atom. The van der Waals surface area contributed by atoms with Crippen LogP contribution in [0.5, 0.6) is 0 Å². The molecule has 2 atom stereocenters. The Balaban J connectivity index is 4.41. The zero-order valence-corrected chi connectivity index (χ0v) is 23.3. The first-order valence-electron chi connectivity index (χ1n) is 11.8. The molecule has 218 valence electrons. The normalized spacial score (nSPS) is 13.4. The first-order chi connectivity index (χ1) is 17.9. The van der Waals surface area contributed by atoms with Gasteiger partial charge in [-0.25, -0.2) is 14.4 Å². The van der Waals surface area contributed by atoms with Crippen LogP contribution in [0.1, 0.15) is 27.7 Å². The van der Waals surface area contributed by atoms with Gasteiger partial charge in [0.25, 0.3) is 0 Å². The van der Waals surface area contributed by atoms with Crippen molar-refractivity contribution in [1.29, 1.82) is 0 Å². The number of hydrogen-bond acceptors (Lipinski definition) is 12. The van der Waals surface area contributed by atoms with Gasteiger partial charge in [0.15, 0.2) is 5.34 Å². The van der Waals surface area contributed by atoms with Crippen LogP contribution in [0.4, 0.5) is 4.79 Å². The van der Waals surface area contributed by atoms with E-state index in [9.17, 15) is 23.7 Å². The predicted molar refractivity (Wildman–Crippen MR) is 135 cm³/mol. The molecule has 15 heteroatoms. The number of nitrogens with one attached hydrogen (secondary N) is 2. The Morgan fingerprint density at radius 3 is 1.97 bits per heavy atom. The van der Waals surface area contributed by atoms with E-state index in [1.807, 2.05) is 0 Å². The number of alkyl carbamates (subject to hydrolysis) is 1. The molecule has 2 unspecified atom stereocenters. The summed E-state index contributed by atoms with van der Waals surface area (Å²) in [6.07, 6.45) is 0.425. The highest BCUT2D eigenvalue weighted by atomic mass is 31.2. The maximum atomic E-state index is 13.3. The lowest BCUT2D eigenvalue weighted by Crippen LogP contribution is -2.37. The molecule has 0 aromatic heterocycles. The molecule has 2 amide bonds. The Morgan fingerprint density at radius 2 is 1.42 bits per heavy atom. The van der Waals surface area contributed by atoms with Gasteiger partial charge in [-0.3, -0.25) is 9.36 Å². The van der Waals surface area contributed by atoms with E-state index in [2.05, 4.69) is 23.8 Å². The van der Waals surface area contributed by atoms with Crippen LogP contribution in [-0.2, 0) is 51.7 Å². The maximum absolute atomic E-state index is 13.3. The molecule has 0 heterocycles. The van der Waals surface area contributed by atoms with Gasteiger partial charge >= 0.3 is 25.6 Å². The van der Waals surface area contributed by atoms with Crippen LogP contribution in [0.25, 0.3) is 0 Å². The van der Waals surface area contributed by atoms with Crippen molar-refractivity contribution in [2.75, 3.05) is 59.3 Å². The highest BCUT2D eigenvalue weighted by molar-refractivity contribution is 7.55. The number of rotatable bonds is 21. The summed E-state index contributed by atoms with van der Waals surface area (Å²) in [5.74, 6) is -1.63. The zero-order valence-electron chi connectivity index (χ0n) is 22.4. The summed E-state index contributed by atoms with van der Waals surface area (Å²) < 4.78 is 49.6. The van der Waals surface area contributed by atoms with Crippen molar-refractivity contribution in [3.8, 4) is 0 Å². The van der Waals surface area contributed by atoms with E-state index in [-0.39, 0.29) is 59.3 Å². The van der Waals surface area contributed by atoms with Gasteiger partial charge in [-0.15, -0.1) is 0 Å². The van der Waals surface area contributed by atoms with E-state index in [4.69, 9.17) is 32.7 Å². The second kappa shape index (κ2) is 19.3. The summed E-state index contributed by atoms with van der Waals surface area (Å²) in [7, 11) is -3.81. The number of carbonyl (C=O) groups excluding carboxylic acids is 4. The summed E-state index contributed by atoms with van der Waals surface area (Å²) in [6.45, 7) is 12.4. The van der Waals surface area contributed by atoms with Gasteiger partial charge in [-0.2, -0.15) is 0 Å². The predicted octanol–water partition coefficient (Wildman–Crippen LogP) is 1.69. The Bertz CT molecular complexity index is 833. The number of hydrogen-bond donors (Lipinski definition) is 2. The van der Waals surface area contributed by atoms with Gasteiger partial charge < -0.3 is 43.4 Å². The highest BCUT2D eigenvalue weighted by Gasteiger charge is 2.44. The summed E-state index contributed by atoms with van der Waals surface area (Å²) in [5.41, 5.74) is 0. The smallest absolute Gasteiger partial charge is 0.407 e. The van der Waals surface area contributed by atoms with E-state index in [0.717, 1.165) is 12.2 Å². The van der Waals surface area contributed by atoms with Gasteiger partial charge in [-0.05, 0) is 27.7 Å². The van der Waals surface area contributed by atoms with Crippen LogP contribution in [0, 0.1) is 0 Å². The van der Waals surface area contributed by atoms with Crippen LogP contribution in [-0.4, -0.2) is 94.7 Å². The highest BCUT2D eigenvalue weighted by Crippen LogP contribution is 2.60. The van der Waals surface area contributed by atoms with Crippen molar-refractivity contribution in [3.05, 3.63) is 25.3 Å². The molecule has 14 nitrogen and oxygen atoms in total. The van der Waals surface area contributed by atoms with E-state index < -0.39 is 43.0 Å². The van der Waals surface area contributed by atoms with Crippen molar-refractivity contribution >= 4 is 31.5 Å². The fourth-order valence-electron chi connectivity index (χ4n) is 2.42. The second-order valence-corrected chi connectivity index (χ2v) is 10.2. The SMILES string of the molecule is C=CC(=O)OCCNC(=O)OCCOC(C)(C)P(=O)(OCC)OCCOC(C)C(=O)NCCOC(=O)C=C. The molecule has 0 rings (SSSR count). The largest absolute Gasteiger partial charge is 0.461 e. The second-order valence-electron chi connectivity index (χ2n) is 7.65. The average Bonchev–Trinajstić information content (AvgIpc) is 2.88. The number of amides is 2. The molecule has 0 aromatic carbocycles. The van der Waals surface area contributed by atoms with Gasteiger partial charge in [0, 0.05) is 12.2 Å². The Labute approximate surface area is 222 Å². The van der Waals surface area contributed by atoms with Gasteiger partial charge in [0.1, 0.15) is 25.9 Å². The van der Waals surface area contributed by atoms with E-state index in [0.29, 0.717) is 0 Å². The molecule has 0 saturated heterocycles. The van der Waals surface area contributed by atoms with Crippen molar-refractivity contribution < 1.29 is 56.5 Å². The van der Waals surface area contributed by atoms with Crippen molar-refractivity contribution in [3.63, 3.8) is 0 Å². The summed E-state index contributed by atoms with van der Waals surface area (Å²) in [5, 5.41) is 3.53. The third-order valence-electron chi connectivity index (χ3n) is 4.41. The number of ether oxygens (including phenoxy) is 5. The molecule has 0 spiro atoms. The van der Waals surface area contributed by atoms with Gasteiger partial charge in [0.05, 0.1) is 39.5 Å². The van der Waals surface area contributed by atoms with E-state index in [1.54, 1.807) is 6.92 Å². The number of esters is 2. The Hall–Kier alpha value is -2.77. The van der Waals surface area contributed by atoms with Gasteiger partial charge in [0.2, 0.25) is 5.91 Å². The van der Waals surface area contributed by atoms with Crippen LogP contribution in [0.3, 0.4) is 0 Å². The molecule has 0 bridgehead atoms. The number of carbonyl (C=O) groups is 4. The minimum absolute atomic E-state index is 0.0119. The summed E-state index contributed by atoms with van der Waals surface area (Å²) >= 11 is 0. The lowest BCUT2D eigenvalue weighted by atomic mass is 10.4. The van der Waals surface area contributed by atoms with Crippen molar-refractivity contribution in [2.24, 2.45) is 0 Å². The molecule has 0 aliphatic heterocycles. The topological polar surface area (TPSA) is 174 Å². The molecule has 2 N–H and O–H groups in total. The van der Waals surface area contributed by atoms with Gasteiger partial charge in [-0.1, -0.05) is 13.2 Å². The van der Waals surface area contributed by atoms with Crippen LogP contribution in [0.15, 0.2) is 25.3 Å². The average molecular weight is 567 g/mol. The lowest BCUT2D eigenvalue weighted by molar-refractivity contribution is -0.139. The molecule has 0 aliphatic rings. The Kier molecular flexibility index (Phi) is 17.9. The minimum atomic E-state index is -3.81. The van der Waals surface area contributed by atoms with Crippen LogP contribution in [0.2, 0.25) is 0 Å². The summed E-state index contributed by atoms with van der Waals surface area (Å²) in [4.78, 5) is 45.5. The molecular weight excluding hydrogens is 527 g/mol.